The lowest BCUT2D eigenvalue weighted by atomic mass is 10.2. The van der Waals surface area contributed by atoms with Crippen LogP contribution in [-0.4, -0.2) is 38.6 Å². The quantitative estimate of drug-likeness (QED) is 0.603. The van der Waals surface area contributed by atoms with E-state index in [9.17, 15) is 0 Å². The first-order valence-electron chi connectivity index (χ1n) is 7.50. The summed E-state index contributed by atoms with van der Waals surface area (Å²) in [5.41, 5.74) is 0.946. The summed E-state index contributed by atoms with van der Waals surface area (Å²) >= 11 is 0. The number of benzene rings is 1. The molecular formula is C16H26N2OSi. The van der Waals surface area contributed by atoms with Gasteiger partial charge in [0.2, 0.25) is 8.32 Å². The van der Waals surface area contributed by atoms with Gasteiger partial charge in [-0.25, -0.2) is 0 Å². The minimum Gasteiger partial charge on any atom is -0.543 e. The first kappa shape index (κ1) is 15.3. The second-order valence-corrected chi connectivity index (χ2v) is 10.9. The van der Waals surface area contributed by atoms with Gasteiger partial charge < -0.3 is 4.43 Å². The molecule has 0 aromatic heterocycles. The molecule has 0 saturated carbocycles. The van der Waals surface area contributed by atoms with Gasteiger partial charge in [-0.2, -0.15) is 0 Å². The number of hydrogen-bond donors (Lipinski definition) is 0. The molecule has 1 fully saturated rings. The smallest absolute Gasteiger partial charge is 0.242 e. The van der Waals surface area contributed by atoms with Crippen LogP contribution in [0, 0.1) is 0 Å². The van der Waals surface area contributed by atoms with Crippen LogP contribution in [0.1, 0.15) is 19.8 Å². The summed E-state index contributed by atoms with van der Waals surface area (Å²) in [6.07, 6.45) is 4.64. The van der Waals surface area contributed by atoms with E-state index in [-0.39, 0.29) is 0 Å². The molecule has 1 aliphatic rings. The highest BCUT2D eigenvalue weighted by Gasteiger charge is 2.19. The standard InChI is InChI=1S/C16H26N2OSi/c1-14-8-7-12-18(14)13-11-17-15-9-5-6-10-16(15)19-20(2,3)4/h5-6,9-11,14H,7-8,12-13H2,1-4H3. The molecule has 3 nitrogen and oxygen atoms in total. The van der Waals surface area contributed by atoms with Crippen molar-refractivity contribution in [2.45, 2.75) is 45.4 Å². The molecule has 1 unspecified atom stereocenters. The summed E-state index contributed by atoms with van der Waals surface area (Å²) in [7, 11) is -1.59. The van der Waals surface area contributed by atoms with Crippen LogP contribution in [0.15, 0.2) is 29.3 Å². The Kier molecular flexibility index (Phi) is 4.99. The molecule has 0 amide bonds. The molecule has 0 aliphatic carbocycles. The Labute approximate surface area is 123 Å². The van der Waals surface area contributed by atoms with Crippen LogP contribution in [-0.2, 0) is 0 Å². The highest BCUT2D eigenvalue weighted by atomic mass is 28.4. The van der Waals surface area contributed by atoms with E-state index in [1.165, 1.54) is 19.4 Å². The Morgan fingerprint density at radius 2 is 2.10 bits per heavy atom. The summed E-state index contributed by atoms with van der Waals surface area (Å²) < 4.78 is 6.09. The van der Waals surface area contributed by atoms with Gasteiger partial charge in [0.05, 0.1) is 0 Å². The maximum Gasteiger partial charge on any atom is 0.242 e. The third-order valence-corrected chi connectivity index (χ3v) is 4.35. The summed E-state index contributed by atoms with van der Waals surface area (Å²) in [6.45, 7) is 11.0. The average molecular weight is 290 g/mol. The Hall–Kier alpha value is -1.13. The lowest BCUT2D eigenvalue weighted by Crippen LogP contribution is -2.29. The molecule has 0 bridgehead atoms. The topological polar surface area (TPSA) is 24.8 Å². The minimum atomic E-state index is -1.59. The second kappa shape index (κ2) is 6.55. The summed E-state index contributed by atoms with van der Waals surface area (Å²) in [5, 5.41) is 0. The van der Waals surface area contributed by atoms with Gasteiger partial charge in [-0.05, 0) is 58.1 Å². The second-order valence-electron chi connectivity index (χ2n) is 6.48. The molecule has 0 spiro atoms. The lowest BCUT2D eigenvalue weighted by Gasteiger charge is -2.20. The van der Waals surface area contributed by atoms with Crippen molar-refractivity contribution < 1.29 is 4.43 Å². The van der Waals surface area contributed by atoms with E-state index >= 15 is 0 Å². The third kappa shape index (κ3) is 4.46. The van der Waals surface area contributed by atoms with Crippen molar-refractivity contribution in [2.24, 2.45) is 4.99 Å². The highest BCUT2D eigenvalue weighted by molar-refractivity contribution is 6.70. The van der Waals surface area contributed by atoms with Crippen molar-refractivity contribution >= 4 is 20.2 Å². The van der Waals surface area contributed by atoms with Gasteiger partial charge in [-0.3, -0.25) is 9.89 Å². The molecule has 20 heavy (non-hydrogen) atoms. The Balaban J connectivity index is 2.01. The molecule has 1 atom stereocenters. The zero-order chi connectivity index (χ0) is 14.6. The molecule has 0 N–H and O–H groups in total. The SMILES string of the molecule is CC1CCCN1CC=Nc1ccccc1O[Si](C)(C)C. The fourth-order valence-electron chi connectivity index (χ4n) is 2.49. The molecule has 1 aromatic carbocycles. The predicted octanol–water partition coefficient (Wildman–Crippen LogP) is 4.09. The summed E-state index contributed by atoms with van der Waals surface area (Å²) in [5.74, 6) is 0.914. The summed E-state index contributed by atoms with van der Waals surface area (Å²) in [4.78, 5) is 7.10. The zero-order valence-corrected chi connectivity index (χ0v) is 14.1. The Bertz CT molecular complexity index is 468. The normalized spacial score (nSPS) is 20.7. The number of hydrogen-bond acceptors (Lipinski definition) is 3. The van der Waals surface area contributed by atoms with E-state index in [1.54, 1.807) is 0 Å². The number of rotatable bonds is 5. The minimum absolute atomic E-state index is 0.690. The van der Waals surface area contributed by atoms with Gasteiger partial charge >= 0.3 is 0 Å². The lowest BCUT2D eigenvalue weighted by molar-refractivity contribution is 0.309. The molecule has 4 heteroatoms. The largest absolute Gasteiger partial charge is 0.543 e. The van der Waals surface area contributed by atoms with Crippen LogP contribution in [0.5, 0.6) is 5.75 Å². The van der Waals surface area contributed by atoms with E-state index in [0.717, 1.165) is 18.0 Å². The number of nitrogens with zero attached hydrogens (tertiary/aromatic N) is 2. The molecule has 1 aromatic rings. The van der Waals surface area contributed by atoms with Crippen LogP contribution in [0.25, 0.3) is 0 Å². The molecule has 2 rings (SSSR count). The third-order valence-electron chi connectivity index (χ3n) is 3.52. The van der Waals surface area contributed by atoms with Gasteiger partial charge in [0.25, 0.3) is 0 Å². The van der Waals surface area contributed by atoms with Crippen LogP contribution in [0.2, 0.25) is 19.6 Å². The first-order valence-corrected chi connectivity index (χ1v) is 10.9. The van der Waals surface area contributed by atoms with E-state index in [4.69, 9.17) is 4.43 Å². The van der Waals surface area contributed by atoms with Crippen LogP contribution >= 0.6 is 0 Å². The maximum absolute atomic E-state index is 6.09. The highest BCUT2D eigenvalue weighted by Crippen LogP contribution is 2.29. The molecule has 1 aliphatic heterocycles. The zero-order valence-electron chi connectivity index (χ0n) is 13.1. The van der Waals surface area contributed by atoms with Crippen LogP contribution < -0.4 is 4.43 Å². The maximum atomic E-state index is 6.09. The predicted molar refractivity (Wildman–Crippen MR) is 88.8 cm³/mol. The van der Waals surface area contributed by atoms with Crippen LogP contribution in [0.3, 0.4) is 0 Å². The average Bonchev–Trinajstić information content (AvgIpc) is 2.75. The number of likely N-dealkylation sites (tertiary alicyclic amines) is 1. The fraction of sp³-hybridized carbons (Fsp3) is 0.562. The number of para-hydroxylation sites is 2. The first-order chi connectivity index (χ1) is 9.46. The van der Waals surface area contributed by atoms with Gasteiger partial charge in [-0.1, -0.05) is 12.1 Å². The molecule has 110 valence electrons. The molecule has 1 heterocycles. The number of aliphatic imine (C=N–C) groups is 1. The molecule has 1 saturated heterocycles. The molecule has 0 radical (unpaired) electrons. The van der Waals surface area contributed by atoms with Gasteiger partial charge in [0.1, 0.15) is 11.4 Å². The fourth-order valence-corrected chi connectivity index (χ4v) is 3.32. The summed E-state index contributed by atoms with van der Waals surface area (Å²) in [6, 6.07) is 8.76. The Morgan fingerprint density at radius 3 is 2.75 bits per heavy atom. The van der Waals surface area contributed by atoms with E-state index in [0.29, 0.717) is 6.04 Å². The van der Waals surface area contributed by atoms with Gasteiger partial charge in [-0.15, -0.1) is 0 Å². The van der Waals surface area contributed by atoms with E-state index < -0.39 is 8.32 Å². The van der Waals surface area contributed by atoms with Crippen molar-refractivity contribution in [2.75, 3.05) is 13.1 Å². The van der Waals surface area contributed by atoms with E-state index in [1.807, 2.05) is 30.5 Å². The van der Waals surface area contributed by atoms with Crippen molar-refractivity contribution in [1.29, 1.82) is 0 Å². The van der Waals surface area contributed by atoms with Crippen molar-refractivity contribution in [3.05, 3.63) is 24.3 Å². The van der Waals surface area contributed by atoms with Crippen molar-refractivity contribution in [3.63, 3.8) is 0 Å². The Morgan fingerprint density at radius 1 is 1.35 bits per heavy atom. The van der Waals surface area contributed by atoms with Crippen LogP contribution in [0.4, 0.5) is 5.69 Å². The van der Waals surface area contributed by atoms with E-state index in [2.05, 4.69) is 36.5 Å². The van der Waals surface area contributed by atoms with Gasteiger partial charge in [0.15, 0.2) is 0 Å². The monoisotopic (exact) mass is 290 g/mol. The van der Waals surface area contributed by atoms with Gasteiger partial charge in [0, 0.05) is 18.8 Å². The van der Waals surface area contributed by atoms with Crippen molar-refractivity contribution in [3.8, 4) is 5.75 Å². The van der Waals surface area contributed by atoms with Crippen molar-refractivity contribution in [1.82, 2.24) is 4.90 Å². The molecular weight excluding hydrogens is 264 g/mol.